The van der Waals surface area contributed by atoms with E-state index in [-0.39, 0.29) is 17.5 Å². The minimum Gasteiger partial charge on any atom is -0.454 e. The van der Waals surface area contributed by atoms with Crippen LogP contribution in [-0.4, -0.2) is 18.4 Å². The van der Waals surface area contributed by atoms with Gasteiger partial charge in [0.1, 0.15) is 11.6 Å². The predicted molar refractivity (Wildman–Crippen MR) is 100 cm³/mol. The normalized spacial score (nSPS) is 21.8. The van der Waals surface area contributed by atoms with Crippen molar-refractivity contribution in [3.05, 3.63) is 23.8 Å². The van der Waals surface area contributed by atoms with Crippen LogP contribution >= 0.6 is 0 Å². The number of ether oxygens (including phenoxy) is 2. The highest BCUT2D eigenvalue weighted by molar-refractivity contribution is 6.02. The summed E-state index contributed by atoms with van der Waals surface area (Å²) < 4.78 is 10.8. The Bertz CT molecular complexity index is 628. The Morgan fingerprint density at radius 1 is 0.962 bits per heavy atom. The zero-order chi connectivity index (χ0) is 18.5. The first-order valence-corrected chi connectivity index (χ1v) is 10.0. The summed E-state index contributed by atoms with van der Waals surface area (Å²) >= 11 is 0. The molecule has 3 rings (SSSR count). The smallest absolute Gasteiger partial charge is 0.231 e. The van der Waals surface area contributed by atoms with Gasteiger partial charge < -0.3 is 9.47 Å². The first-order chi connectivity index (χ1) is 12.6. The molecule has 2 aliphatic rings. The van der Waals surface area contributed by atoms with Crippen LogP contribution in [0.2, 0.25) is 0 Å². The van der Waals surface area contributed by atoms with Crippen molar-refractivity contribution in [1.29, 1.82) is 0 Å². The lowest BCUT2D eigenvalue weighted by atomic mass is 9.74. The topological polar surface area (TPSA) is 52.6 Å². The SMILES string of the molecule is CCC(=O)C(CC1CCC(Cc2ccc3c(c2)OCO3)CC1)C(=O)CC. The van der Waals surface area contributed by atoms with Gasteiger partial charge in [0.2, 0.25) is 6.79 Å². The summed E-state index contributed by atoms with van der Waals surface area (Å²) in [6.07, 6.45) is 7.36. The number of benzene rings is 1. The fourth-order valence-corrected chi connectivity index (χ4v) is 4.34. The molecule has 1 aliphatic heterocycles. The number of rotatable bonds is 8. The molecule has 1 aromatic carbocycles. The molecule has 0 aromatic heterocycles. The van der Waals surface area contributed by atoms with E-state index in [1.54, 1.807) is 0 Å². The fourth-order valence-electron chi connectivity index (χ4n) is 4.34. The van der Waals surface area contributed by atoms with E-state index in [9.17, 15) is 9.59 Å². The van der Waals surface area contributed by atoms with Crippen LogP contribution in [-0.2, 0) is 16.0 Å². The highest BCUT2D eigenvalue weighted by atomic mass is 16.7. The second-order valence-corrected chi connectivity index (χ2v) is 7.71. The van der Waals surface area contributed by atoms with Crippen LogP contribution in [0.15, 0.2) is 18.2 Å². The summed E-state index contributed by atoms with van der Waals surface area (Å²) in [6, 6.07) is 6.24. The van der Waals surface area contributed by atoms with E-state index in [0.29, 0.717) is 31.5 Å². The van der Waals surface area contributed by atoms with Crippen molar-refractivity contribution in [3.8, 4) is 11.5 Å². The number of ketones is 2. The molecule has 1 aliphatic carbocycles. The largest absolute Gasteiger partial charge is 0.454 e. The maximum absolute atomic E-state index is 12.1. The van der Waals surface area contributed by atoms with Crippen LogP contribution in [0.4, 0.5) is 0 Å². The van der Waals surface area contributed by atoms with Crippen molar-refractivity contribution in [2.45, 2.75) is 65.2 Å². The lowest BCUT2D eigenvalue weighted by molar-refractivity contribution is -0.133. The molecule has 4 nitrogen and oxygen atoms in total. The maximum atomic E-state index is 12.1. The van der Waals surface area contributed by atoms with E-state index in [1.807, 2.05) is 19.9 Å². The van der Waals surface area contributed by atoms with E-state index < -0.39 is 0 Å². The minimum absolute atomic E-state index is 0.124. The van der Waals surface area contributed by atoms with E-state index in [1.165, 1.54) is 18.4 Å². The van der Waals surface area contributed by atoms with Crippen molar-refractivity contribution < 1.29 is 19.1 Å². The van der Waals surface area contributed by atoms with Gasteiger partial charge in [-0.3, -0.25) is 9.59 Å². The molecule has 0 atom stereocenters. The molecule has 4 heteroatoms. The Morgan fingerprint density at radius 3 is 2.23 bits per heavy atom. The van der Waals surface area contributed by atoms with Gasteiger partial charge in [0.05, 0.1) is 5.92 Å². The van der Waals surface area contributed by atoms with E-state index in [2.05, 4.69) is 12.1 Å². The Labute approximate surface area is 156 Å². The molecule has 1 aromatic rings. The van der Waals surface area contributed by atoms with Crippen LogP contribution in [0.5, 0.6) is 11.5 Å². The van der Waals surface area contributed by atoms with Gasteiger partial charge in [-0.1, -0.05) is 32.8 Å². The quantitative estimate of drug-likeness (QED) is 0.631. The van der Waals surface area contributed by atoms with Gasteiger partial charge in [-0.25, -0.2) is 0 Å². The van der Waals surface area contributed by atoms with Crippen molar-refractivity contribution >= 4 is 11.6 Å². The molecule has 0 saturated heterocycles. The first-order valence-electron chi connectivity index (χ1n) is 10.0. The summed E-state index contributed by atoms with van der Waals surface area (Å²) in [5.41, 5.74) is 1.30. The van der Waals surface area contributed by atoms with Crippen LogP contribution in [0.1, 0.15) is 64.4 Å². The minimum atomic E-state index is -0.361. The summed E-state index contributed by atoms with van der Waals surface area (Å²) in [5.74, 6) is 2.77. The lowest BCUT2D eigenvalue weighted by Gasteiger charge is -2.30. The monoisotopic (exact) mass is 358 g/mol. The van der Waals surface area contributed by atoms with Crippen LogP contribution in [0.3, 0.4) is 0 Å². The molecular formula is C22H30O4. The summed E-state index contributed by atoms with van der Waals surface area (Å²) in [4.78, 5) is 24.3. The Morgan fingerprint density at radius 2 is 1.58 bits per heavy atom. The van der Waals surface area contributed by atoms with E-state index >= 15 is 0 Å². The van der Waals surface area contributed by atoms with Crippen LogP contribution in [0, 0.1) is 17.8 Å². The van der Waals surface area contributed by atoms with Crippen molar-refractivity contribution in [2.75, 3.05) is 6.79 Å². The van der Waals surface area contributed by atoms with Crippen molar-refractivity contribution in [1.82, 2.24) is 0 Å². The third-order valence-electron chi connectivity index (χ3n) is 5.97. The summed E-state index contributed by atoms with van der Waals surface area (Å²) in [7, 11) is 0. The first kappa shape index (κ1) is 18.9. The zero-order valence-corrected chi connectivity index (χ0v) is 16.0. The Kier molecular flexibility index (Phi) is 6.33. The number of hydrogen-bond donors (Lipinski definition) is 0. The van der Waals surface area contributed by atoms with Gasteiger partial charge in [-0.15, -0.1) is 0 Å². The van der Waals surface area contributed by atoms with Gasteiger partial charge >= 0.3 is 0 Å². The molecule has 0 spiro atoms. The molecule has 0 amide bonds. The van der Waals surface area contributed by atoms with Gasteiger partial charge in [-0.05, 0) is 55.2 Å². The average Bonchev–Trinajstić information content (AvgIpc) is 3.14. The third kappa shape index (κ3) is 4.46. The number of Topliss-reactive ketones (excluding diaryl/α,β-unsaturated/α-hetero) is 2. The molecular weight excluding hydrogens is 328 g/mol. The maximum Gasteiger partial charge on any atom is 0.231 e. The molecule has 1 fully saturated rings. The highest BCUT2D eigenvalue weighted by Crippen LogP contribution is 2.37. The van der Waals surface area contributed by atoms with Gasteiger partial charge in [0.15, 0.2) is 11.5 Å². The Balaban J connectivity index is 1.50. The Hall–Kier alpha value is -1.84. The molecule has 0 unspecified atom stereocenters. The van der Waals surface area contributed by atoms with E-state index in [4.69, 9.17) is 9.47 Å². The second kappa shape index (κ2) is 8.70. The van der Waals surface area contributed by atoms with Crippen LogP contribution < -0.4 is 9.47 Å². The summed E-state index contributed by atoms with van der Waals surface area (Å²) in [5, 5.41) is 0. The molecule has 0 bridgehead atoms. The van der Waals surface area contributed by atoms with E-state index in [0.717, 1.165) is 37.2 Å². The standard InChI is InChI=1S/C22H30O4/c1-3-19(23)18(20(24)4-2)12-16-7-5-15(6-8-16)11-17-9-10-21-22(13-17)26-14-25-21/h9-10,13,15-16,18H,3-8,11-12,14H2,1-2H3. The molecule has 1 saturated carbocycles. The van der Waals surface area contributed by atoms with Gasteiger partial charge in [0, 0.05) is 12.8 Å². The third-order valence-corrected chi connectivity index (χ3v) is 5.97. The lowest BCUT2D eigenvalue weighted by Crippen LogP contribution is -2.27. The fraction of sp³-hybridized carbons (Fsp3) is 0.636. The average molecular weight is 358 g/mol. The highest BCUT2D eigenvalue weighted by Gasteiger charge is 2.30. The van der Waals surface area contributed by atoms with Crippen LogP contribution in [0.25, 0.3) is 0 Å². The zero-order valence-electron chi connectivity index (χ0n) is 16.0. The van der Waals surface area contributed by atoms with Crippen molar-refractivity contribution in [2.24, 2.45) is 17.8 Å². The predicted octanol–water partition coefficient (Wildman–Crippen LogP) is 4.73. The molecule has 0 radical (unpaired) electrons. The number of carbonyl (C=O) groups is 2. The van der Waals surface area contributed by atoms with Gasteiger partial charge in [-0.2, -0.15) is 0 Å². The molecule has 142 valence electrons. The number of hydrogen-bond acceptors (Lipinski definition) is 4. The number of fused-ring (bicyclic) bond motifs is 1. The van der Waals surface area contributed by atoms with Crippen molar-refractivity contribution in [3.63, 3.8) is 0 Å². The molecule has 26 heavy (non-hydrogen) atoms. The van der Waals surface area contributed by atoms with Gasteiger partial charge in [0.25, 0.3) is 0 Å². The molecule has 0 N–H and O–H groups in total. The second-order valence-electron chi connectivity index (χ2n) is 7.71. The summed E-state index contributed by atoms with van der Waals surface area (Å²) in [6.45, 7) is 4.04. The molecule has 1 heterocycles. The number of carbonyl (C=O) groups excluding carboxylic acids is 2.